The maximum absolute atomic E-state index is 12.6. The lowest BCUT2D eigenvalue weighted by atomic mass is 10.1. The van der Waals surface area contributed by atoms with Gasteiger partial charge in [-0.2, -0.15) is 13.2 Å². The molecule has 0 saturated carbocycles. The minimum absolute atomic E-state index is 0.0640. The van der Waals surface area contributed by atoms with E-state index in [0.29, 0.717) is 38.3 Å². The predicted molar refractivity (Wildman–Crippen MR) is 112 cm³/mol. The molecular formula is C23H24F3N3O2. The first-order valence-corrected chi connectivity index (χ1v) is 9.98. The molecule has 1 N–H and O–H groups in total. The Kier molecular flexibility index (Phi) is 7.46. The molecule has 0 aromatic heterocycles. The number of nitrogens with zero attached hydrogens (tertiary/aromatic N) is 2. The molecule has 1 aliphatic heterocycles. The molecule has 2 aromatic carbocycles. The minimum atomic E-state index is -4.38. The lowest BCUT2D eigenvalue weighted by Crippen LogP contribution is -2.50. The third-order valence-electron chi connectivity index (χ3n) is 5.04. The summed E-state index contributed by atoms with van der Waals surface area (Å²) in [5, 5.41) is 2.89. The Morgan fingerprint density at radius 3 is 2.19 bits per heavy atom. The highest BCUT2D eigenvalue weighted by Crippen LogP contribution is 2.29. The minimum Gasteiger partial charge on any atom is -0.351 e. The number of piperazine rings is 1. The number of halogens is 3. The summed E-state index contributed by atoms with van der Waals surface area (Å²) in [4.78, 5) is 28.1. The monoisotopic (exact) mass is 431 g/mol. The maximum Gasteiger partial charge on any atom is 0.416 e. The molecular weight excluding hydrogens is 407 g/mol. The van der Waals surface area contributed by atoms with Crippen molar-refractivity contribution < 1.29 is 22.8 Å². The number of benzene rings is 2. The third kappa shape index (κ3) is 6.96. The van der Waals surface area contributed by atoms with Crippen molar-refractivity contribution in [1.82, 2.24) is 15.1 Å². The third-order valence-corrected chi connectivity index (χ3v) is 5.04. The van der Waals surface area contributed by atoms with Crippen LogP contribution < -0.4 is 5.32 Å². The highest BCUT2D eigenvalue weighted by atomic mass is 19.4. The summed E-state index contributed by atoms with van der Waals surface area (Å²) < 4.78 is 37.8. The number of hydrogen-bond acceptors (Lipinski definition) is 3. The number of carbonyl (C=O) groups excluding carboxylic acids is 2. The first-order chi connectivity index (χ1) is 14.8. The number of nitrogens with one attached hydrogen (secondary N) is 1. The molecule has 5 nitrogen and oxygen atoms in total. The van der Waals surface area contributed by atoms with E-state index >= 15 is 0 Å². The average molecular weight is 431 g/mol. The molecule has 31 heavy (non-hydrogen) atoms. The van der Waals surface area contributed by atoms with E-state index in [1.165, 1.54) is 24.3 Å². The second-order valence-corrected chi connectivity index (χ2v) is 7.32. The van der Waals surface area contributed by atoms with Crippen LogP contribution in [0.2, 0.25) is 0 Å². The van der Waals surface area contributed by atoms with Gasteiger partial charge in [-0.15, -0.1) is 0 Å². The zero-order valence-electron chi connectivity index (χ0n) is 16.9. The van der Waals surface area contributed by atoms with Gasteiger partial charge in [0.1, 0.15) is 0 Å². The summed E-state index contributed by atoms with van der Waals surface area (Å²) in [5.41, 5.74) is 0.834. The van der Waals surface area contributed by atoms with Crippen LogP contribution in [-0.4, -0.2) is 54.3 Å². The van der Waals surface area contributed by atoms with Gasteiger partial charge in [0, 0.05) is 38.8 Å². The molecule has 8 heteroatoms. The van der Waals surface area contributed by atoms with Crippen LogP contribution in [0.3, 0.4) is 0 Å². The first kappa shape index (κ1) is 22.6. The molecule has 0 aliphatic carbocycles. The molecule has 0 spiro atoms. The van der Waals surface area contributed by atoms with E-state index in [9.17, 15) is 22.8 Å². The van der Waals surface area contributed by atoms with E-state index < -0.39 is 11.7 Å². The standard InChI is InChI=1S/C23H24F3N3O2/c24-23(25,26)20-9-6-18(7-10-20)8-11-22(31)29-14-12-28(13-15-29)17-21(30)27-16-19-4-2-1-3-5-19/h1-11H,12-17H2,(H,27,30)/b11-8+. The van der Waals surface area contributed by atoms with Crippen LogP contribution in [0.5, 0.6) is 0 Å². The SMILES string of the molecule is O=C(CN1CCN(C(=O)/C=C/c2ccc(C(F)(F)F)cc2)CC1)NCc1ccccc1. The molecule has 0 radical (unpaired) electrons. The van der Waals surface area contributed by atoms with Gasteiger partial charge < -0.3 is 10.2 Å². The second kappa shape index (κ2) is 10.3. The van der Waals surface area contributed by atoms with Crippen LogP contribution in [0.15, 0.2) is 60.7 Å². The summed E-state index contributed by atoms with van der Waals surface area (Å²) in [6.07, 6.45) is -1.51. The van der Waals surface area contributed by atoms with E-state index in [4.69, 9.17) is 0 Å². The molecule has 1 fully saturated rings. The van der Waals surface area contributed by atoms with Gasteiger partial charge in [-0.05, 0) is 29.3 Å². The predicted octanol–water partition coefficient (Wildman–Crippen LogP) is 3.18. The van der Waals surface area contributed by atoms with Crippen molar-refractivity contribution in [3.63, 3.8) is 0 Å². The van der Waals surface area contributed by atoms with E-state index in [1.807, 2.05) is 35.2 Å². The molecule has 3 rings (SSSR count). The molecule has 1 heterocycles. The highest BCUT2D eigenvalue weighted by molar-refractivity contribution is 5.91. The summed E-state index contributed by atoms with van der Waals surface area (Å²) in [6.45, 7) is 2.89. The zero-order chi connectivity index (χ0) is 22.3. The Labute approximate surface area is 179 Å². The fourth-order valence-electron chi connectivity index (χ4n) is 3.24. The smallest absolute Gasteiger partial charge is 0.351 e. The van der Waals surface area contributed by atoms with Crippen molar-refractivity contribution in [3.8, 4) is 0 Å². The van der Waals surface area contributed by atoms with Crippen molar-refractivity contribution in [3.05, 3.63) is 77.4 Å². The molecule has 164 valence electrons. The van der Waals surface area contributed by atoms with Gasteiger partial charge in [0.05, 0.1) is 12.1 Å². The lowest BCUT2D eigenvalue weighted by molar-refractivity contribution is -0.137. The normalized spacial score (nSPS) is 15.3. The Balaban J connectivity index is 1.41. The summed E-state index contributed by atoms with van der Waals surface area (Å²) in [7, 11) is 0. The fourth-order valence-corrected chi connectivity index (χ4v) is 3.24. The average Bonchev–Trinajstić information content (AvgIpc) is 2.77. The number of carbonyl (C=O) groups is 2. The maximum atomic E-state index is 12.6. The van der Waals surface area contributed by atoms with Gasteiger partial charge in [0.25, 0.3) is 0 Å². The van der Waals surface area contributed by atoms with Crippen molar-refractivity contribution in [2.24, 2.45) is 0 Å². The summed E-state index contributed by atoms with van der Waals surface area (Å²) in [6, 6.07) is 14.3. The molecule has 2 aromatic rings. The van der Waals surface area contributed by atoms with E-state index in [-0.39, 0.29) is 18.4 Å². The Bertz CT molecular complexity index is 904. The number of rotatable bonds is 6. The molecule has 2 amide bonds. The van der Waals surface area contributed by atoms with Gasteiger partial charge in [0.15, 0.2) is 0 Å². The van der Waals surface area contributed by atoms with Crippen LogP contribution in [0.1, 0.15) is 16.7 Å². The Morgan fingerprint density at radius 2 is 1.58 bits per heavy atom. The zero-order valence-corrected chi connectivity index (χ0v) is 16.9. The fraction of sp³-hybridized carbons (Fsp3) is 0.304. The van der Waals surface area contributed by atoms with Gasteiger partial charge >= 0.3 is 6.18 Å². The van der Waals surface area contributed by atoms with Crippen LogP contribution in [0.25, 0.3) is 6.08 Å². The summed E-state index contributed by atoms with van der Waals surface area (Å²) >= 11 is 0. The van der Waals surface area contributed by atoms with Crippen molar-refractivity contribution in [2.45, 2.75) is 12.7 Å². The van der Waals surface area contributed by atoms with Crippen molar-refractivity contribution in [1.29, 1.82) is 0 Å². The van der Waals surface area contributed by atoms with Crippen molar-refractivity contribution >= 4 is 17.9 Å². The number of alkyl halides is 3. The largest absolute Gasteiger partial charge is 0.416 e. The van der Waals surface area contributed by atoms with Gasteiger partial charge in [-0.3, -0.25) is 14.5 Å². The summed E-state index contributed by atoms with van der Waals surface area (Å²) in [5.74, 6) is -0.265. The topological polar surface area (TPSA) is 52.7 Å². The van der Waals surface area contributed by atoms with Gasteiger partial charge in [0.2, 0.25) is 11.8 Å². The highest BCUT2D eigenvalue weighted by Gasteiger charge is 2.29. The van der Waals surface area contributed by atoms with E-state index in [0.717, 1.165) is 17.7 Å². The first-order valence-electron chi connectivity index (χ1n) is 9.98. The van der Waals surface area contributed by atoms with Crippen molar-refractivity contribution in [2.75, 3.05) is 32.7 Å². The Hall–Kier alpha value is -3.13. The molecule has 1 aliphatic rings. The molecule has 0 unspecified atom stereocenters. The number of hydrogen-bond donors (Lipinski definition) is 1. The number of amides is 2. The van der Waals surface area contributed by atoms with Gasteiger partial charge in [-0.1, -0.05) is 42.5 Å². The van der Waals surface area contributed by atoms with Crippen LogP contribution >= 0.6 is 0 Å². The second-order valence-electron chi connectivity index (χ2n) is 7.32. The van der Waals surface area contributed by atoms with Crippen LogP contribution in [0, 0.1) is 0 Å². The molecule has 1 saturated heterocycles. The van der Waals surface area contributed by atoms with Crippen LogP contribution in [-0.2, 0) is 22.3 Å². The lowest BCUT2D eigenvalue weighted by Gasteiger charge is -2.33. The Morgan fingerprint density at radius 1 is 0.935 bits per heavy atom. The molecule has 0 atom stereocenters. The van der Waals surface area contributed by atoms with Gasteiger partial charge in [-0.25, -0.2) is 0 Å². The van der Waals surface area contributed by atoms with Crippen LogP contribution in [0.4, 0.5) is 13.2 Å². The molecule has 0 bridgehead atoms. The van der Waals surface area contributed by atoms with E-state index in [2.05, 4.69) is 5.32 Å². The quantitative estimate of drug-likeness (QED) is 0.715. The van der Waals surface area contributed by atoms with E-state index in [1.54, 1.807) is 4.90 Å².